The first kappa shape index (κ1) is 24.4. The molecule has 0 aromatic carbocycles. The van der Waals surface area contributed by atoms with Crippen molar-refractivity contribution in [3.63, 3.8) is 0 Å². The molecule has 33 heavy (non-hydrogen) atoms. The number of carbonyl (C=O) groups is 2. The van der Waals surface area contributed by atoms with Gasteiger partial charge in [-0.1, -0.05) is 6.92 Å². The van der Waals surface area contributed by atoms with E-state index >= 15 is 0 Å². The molecule has 0 aliphatic carbocycles. The van der Waals surface area contributed by atoms with Gasteiger partial charge < -0.3 is 61.5 Å². The van der Waals surface area contributed by atoms with Crippen LogP contribution in [-0.4, -0.2) is 110 Å². The smallest absolute Gasteiger partial charge is 0.336 e. The lowest BCUT2D eigenvalue weighted by molar-refractivity contribution is -0.504. The summed E-state index contributed by atoms with van der Waals surface area (Å²) in [4.78, 5) is 24.4. The number of hydrogen-bond acceptors (Lipinski definition) is 14. The number of likely N-dealkylation sites (tertiary alicyclic amines) is 1. The number of fused-ring (bicyclic) bond motifs is 1. The van der Waals surface area contributed by atoms with Crippen molar-refractivity contribution in [2.45, 2.75) is 42.5 Å². The molecule has 3 heterocycles. The number of amides is 3. The molecule has 0 spiro atoms. The van der Waals surface area contributed by atoms with Crippen LogP contribution in [0.1, 0.15) is 6.92 Å². The van der Waals surface area contributed by atoms with E-state index in [4.69, 9.17) is 5.26 Å². The van der Waals surface area contributed by atoms with Crippen molar-refractivity contribution in [3.8, 4) is 6.07 Å². The van der Waals surface area contributed by atoms with Crippen molar-refractivity contribution in [2.75, 3.05) is 7.05 Å². The highest BCUT2D eigenvalue weighted by Crippen LogP contribution is 2.46. The maximum atomic E-state index is 12.5. The average Bonchev–Trinajstić information content (AvgIpc) is 3.06. The van der Waals surface area contributed by atoms with E-state index < -0.39 is 64.1 Å². The number of aliphatic hydroxyl groups excluding tert-OH is 1. The van der Waals surface area contributed by atoms with Crippen LogP contribution in [0.2, 0.25) is 0 Å². The van der Waals surface area contributed by atoms with E-state index in [1.807, 2.05) is 0 Å². The van der Waals surface area contributed by atoms with Gasteiger partial charge in [0.05, 0.1) is 5.57 Å². The number of urea groups is 1. The van der Waals surface area contributed by atoms with Crippen molar-refractivity contribution < 1.29 is 55.5 Å². The third kappa shape index (κ3) is 3.25. The fraction of sp³-hybridized carbons (Fsp3) is 0.562. The van der Waals surface area contributed by atoms with Gasteiger partial charge >= 0.3 is 23.6 Å². The zero-order valence-electron chi connectivity index (χ0n) is 17.0. The molecule has 0 aromatic heterocycles. The largest absolute Gasteiger partial charge is 0.506 e. The summed E-state index contributed by atoms with van der Waals surface area (Å²) in [5, 5.41) is 108. The van der Waals surface area contributed by atoms with Crippen molar-refractivity contribution in [3.05, 3.63) is 23.4 Å². The zero-order valence-corrected chi connectivity index (χ0v) is 17.0. The number of rotatable bonds is 3. The molecule has 3 rings (SSSR count). The Kier molecular flexibility index (Phi) is 5.29. The van der Waals surface area contributed by atoms with E-state index in [0.717, 1.165) is 25.1 Å². The topological polar surface area (TPSA) is 283 Å². The highest BCUT2D eigenvalue weighted by Gasteiger charge is 2.74. The van der Waals surface area contributed by atoms with Gasteiger partial charge in [-0.25, -0.2) is 9.69 Å². The molecule has 0 radical (unpaired) electrons. The van der Waals surface area contributed by atoms with Crippen LogP contribution in [0.25, 0.3) is 0 Å². The Hall–Kier alpha value is -3.21. The number of carbonyl (C=O) groups excluding carboxylic acids is 2. The first-order valence-corrected chi connectivity index (χ1v) is 9.18. The van der Waals surface area contributed by atoms with Crippen LogP contribution in [-0.2, 0) is 4.79 Å². The Morgan fingerprint density at radius 3 is 2.36 bits per heavy atom. The van der Waals surface area contributed by atoms with Gasteiger partial charge in [0.15, 0.2) is 0 Å². The number of nitrogens with zero attached hydrogens (tertiary/aromatic N) is 3. The molecule has 3 aliphatic rings. The van der Waals surface area contributed by atoms with Gasteiger partial charge in [-0.3, -0.25) is 10.1 Å². The molecular formula is C16H22N6O11. The molecule has 0 saturated carbocycles. The van der Waals surface area contributed by atoms with Gasteiger partial charge in [0.2, 0.25) is 5.79 Å². The van der Waals surface area contributed by atoms with Crippen LogP contribution >= 0.6 is 0 Å². The first-order valence-electron chi connectivity index (χ1n) is 9.18. The molecule has 1 fully saturated rings. The first-order chi connectivity index (χ1) is 14.9. The summed E-state index contributed by atoms with van der Waals surface area (Å²) < 4.78 is 0. The van der Waals surface area contributed by atoms with Gasteiger partial charge in [0, 0.05) is 19.2 Å². The Morgan fingerprint density at radius 1 is 1.24 bits per heavy atom. The Morgan fingerprint density at radius 2 is 1.82 bits per heavy atom. The Balaban J connectivity index is 2.20. The molecule has 3 unspecified atom stereocenters. The number of hydrogen-bond donors (Lipinski definition) is 12. The summed E-state index contributed by atoms with van der Waals surface area (Å²) in [6, 6.07) is -2.34. The van der Waals surface area contributed by atoms with E-state index in [-0.39, 0.29) is 11.4 Å². The molecule has 1 saturated heterocycles. The van der Waals surface area contributed by atoms with E-state index in [9.17, 15) is 55.5 Å². The van der Waals surface area contributed by atoms with Crippen molar-refractivity contribution in [1.82, 2.24) is 25.8 Å². The zero-order chi connectivity index (χ0) is 25.3. The predicted octanol–water partition coefficient (Wildman–Crippen LogP) is -6.22. The maximum Gasteiger partial charge on any atom is 0.336 e. The lowest BCUT2D eigenvalue weighted by Gasteiger charge is -2.60. The number of nitriles is 1. The van der Waals surface area contributed by atoms with Crippen LogP contribution in [0, 0.1) is 17.2 Å². The molecule has 3 aliphatic heterocycles. The van der Waals surface area contributed by atoms with Gasteiger partial charge in [-0.05, 0) is 0 Å². The van der Waals surface area contributed by atoms with Gasteiger partial charge in [-0.15, -0.1) is 0 Å². The molecule has 3 atom stereocenters. The van der Waals surface area contributed by atoms with Crippen LogP contribution in [0.5, 0.6) is 0 Å². The van der Waals surface area contributed by atoms with Crippen molar-refractivity contribution >= 4 is 11.9 Å². The second kappa shape index (κ2) is 7.14. The summed E-state index contributed by atoms with van der Waals surface area (Å²) in [5.41, 5.74) is -0.0556. The predicted molar refractivity (Wildman–Crippen MR) is 98.2 cm³/mol. The molecule has 17 heteroatoms. The standard InChI is InChI=1S/C16H22N6O11/c1-5-8(21(2)10-7-6(23)3-18-9(7)19-12(25)20-10)15(30,31)22(11(24)13(26,27)4-17)16(32,33)14(5,28)29/h3,5,8-9,18,23,26-33H,1-2H3,(H2,19,20,25). The van der Waals surface area contributed by atoms with Crippen LogP contribution in [0.3, 0.4) is 0 Å². The normalized spacial score (nSPS) is 29.7. The van der Waals surface area contributed by atoms with E-state index in [1.54, 1.807) is 0 Å². The number of likely N-dealkylation sites (N-methyl/N-ethyl adjacent to an activating group) is 1. The van der Waals surface area contributed by atoms with Crippen LogP contribution in [0.15, 0.2) is 23.4 Å². The fourth-order valence-corrected chi connectivity index (χ4v) is 4.08. The third-order valence-corrected chi connectivity index (χ3v) is 5.78. The quantitative estimate of drug-likeness (QED) is 0.134. The van der Waals surface area contributed by atoms with Crippen molar-refractivity contribution in [2.24, 2.45) is 5.92 Å². The molecular weight excluding hydrogens is 452 g/mol. The molecule has 12 N–H and O–H groups in total. The highest BCUT2D eigenvalue weighted by atomic mass is 16.6. The second-order valence-electron chi connectivity index (χ2n) is 7.81. The van der Waals surface area contributed by atoms with E-state index in [1.165, 1.54) is 0 Å². The number of aliphatic hydroxyl groups is 9. The summed E-state index contributed by atoms with van der Waals surface area (Å²) in [5.74, 6) is -21.1. The third-order valence-electron chi connectivity index (χ3n) is 5.78. The number of piperidine rings is 1. The van der Waals surface area contributed by atoms with Crippen LogP contribution in [0.4, 0.5) is 4.79 Å². The van der Waals surface area contributed by atoms with Gasteiger partial charge in [0.1, 0.15) is 29.9 Å². The fourth-order valence-electron chi connectivity index (χ4n) is 4.08. The average molecular weight is 474 g/mol. The maximum absolute atomic E-state index is 12.5. The van der Waals surface area contributed by atoms with Gasteiger partial charge in [0.25, 0.3) is 5.91 Å². The molecule has 0 aromatic rings. The number of nitrogens with one attached hydrogen (secondary N) is 3. The van der Waals surface area contributed by atoms with E-state index in [0.29, 0.717) is 6.07 Å². The minimum atomic E-state index is -4.27. The SMILES string of the molecule is CC1C(N(C)C2=C3C(O)=CNC3NC(=O)N2)C(O)(O)N(C(=O)C(O)(O)C#N)C(O)(O)C1(O)O. The Bertz CT molecular complexity index is 997. The molecule has 182 valence electrons. The Labute approximate surface area is 184 Å². The second-order valence-corrected chi connectivity index (χ2v) is 7.81. The van der Waals surface area contributed by atoms with Gasteiger partial charge in [-0.2, -0.15) is 5.26 Å². The summed E-state index contributed by atoms with van der Waals surface area (Å²) in [6.45, 7) is 0.898. The summed E-state index contributed by atoms with van der Waals surface area (Å²) >= 11 is 0. The lowest BCUT2D eigenvalue weighted by Crippen LogP contribution is -2.86. The lowest BCUT2D eigenvalue weighted by atomic mass is 9.80. The molecule has 17 nitrogen and oxygen atoms in total. The molecule has 0 bridgehead atoms. The highest BCUT2D eigenvalue weighted by molar-refractivity contribution is 5.87. The minimum absolute atomic E-state index is 0.0556. The monoisotopic (exact) mass is 474 g/mol. The van der Waals surface area contributed by atoms with E-state index in [2.05, 4.69) is 16.0 Å². The summed E-state index contributed by atoms with van der Waals surface area (Å²) in [6.07, 6.45) is 0.101. The summed E-state index contributed by atoms with van der Waals surface area (Å²) in [7, 11) is 1.05. The minimum Gasteiger partial charge on any atom is -0.506 e. The van der Waals surface area contributed by atoms with Crippen molar-refractivity contribution in [1.29, 1.82) is 5.26 Å². The van der Waals surface area contributed by atoms with Crippen LogP contribution < -0.4 is 16.0 Å². The molecule has 3 amide bonds.